The van der Waals surface area contributed by atoms with Gasteiger partial charge in [0.1, 0.15) is 21.3 Å². The first-order chi connectivity index (χ1) is 13.3. The summed E-state index contributed by atoms with van der Waals surface area (Å²) in [5.74, 6) is 2.37. The van der Waals surface area contributed by atoms with Crippen molar-refractivity contribution in [2.45, 2.75) is 32.9 Å². The highest BCUT2D eigenvalue weighted by Gasteiger charge is 2.11. The van der Waals surface area contributed by atoms with Crippen molar-refractivity contribution in [1.29, 1.82) is 0 Å². The average Bonchev–Trinajstić information content (AvgIpc) is 2.65. The molecule has 0 saturated carbocycles. The molecule has 0 aromatic heterocycles. The van der Waals surface area contributed by atoms with Gasteiger partial charge >= 0.3 is 0 Å². The Morgan fingerprint density at radius 2 is 1.72 bits per heavy atom. The molecule has 2 rings (SSSR count). The van der Waals surface area contributed by atoms with Crippen LogP contribution in [0.25, 0.3) is 0 Å². The van der Waals surface area contributed by atoms with Crippen LogP contribution in [-0.2, 0) is 16.4 Å². The van der Waals surface area contributed by atoms with Crippen LogP contribution in [0.4, 0.5) is 0 Å². The Labute approximate surface area is 191 Å². The summed E-state index contributed by atoms with van der Waals surface area (Å²) in [6.45, 7) is 4.48. The molecule has 0 aliphatic carbocycles. The normalized spacial score (nSPS) is 12.6. The lowest BCUT2D eigenvalue weighted by Crippen LogP contribution is -2.42. The number of sulfone groups is 1. The Balaban J connectivity index is 0.00000420. The zero-order chi connectivity index (χ0) is 20.6. The summed E-state index contributed by atoms with van der Waals surface area (Å²) in [4.78, 5) is 4.22. The molecule has 2 aromatic carbocycles. The second kappa shape index (κ2) is 12.0. The van der Waals surface area contributed by atoms with Crippen molar-refractivity contribution in [1.82, 2.24) is 10.6 Å². The lowest BCUT2D eigenvalue weighted by molar-refractivity contribution is 0.471. The number of guanidine groups is 1. The molecular formula is C21H30IN3O3S. The number of rotatable bonds is 8. The van der Waals surface area contributed by atoms with Gasteiger partial charge in [0.2, 0.25) is 0 Å². The van der Waals surface area contributed by atoms with Gasteiger partial charge in [-0.1, -0.05) is 36.4 Å². The molecule has 0 aliphatic rings. The first kappa shape index (κ1) is 25.2. The van der Waals surface area contributed by atoms with Crippen molar-refractivity contribution < 1.29 is 13.2 Å². The number of nitrogens with zero attached hydrogens (tertiary/aromatic N) is 1. The van der Waals surface area contributed by atoms with Gasteiger partial charge in [-0.2, -0.15) is 0 Å². The minimum Gasteiger partial charge on any atom is -0.457 e. The Bertz CT molecular complexity index is 917. The molecule has 8 heteroatoms. The number of para-hydroxylation sites is 2. The van der Waals surface area contributed by atoms with E-state index in [0.29, 0.717) is 18.9 Å². The van der Waals surface area contributed by atoms with Crippen molar-refractivity contribution in [2.75, 3.05) is 19.1 Å². The molecule has 0 bridgehead atoms. The lowest BCUT2D eigenvalue weighted by Gasteiger charge is -2.18. The van der Waals surface area contributed by atoms with Gasteiger partial charge in [0.15, 0.2) is 5.96 Å². The Hall–Kier alpha value is -1.81. The molecular weight excluding hydrogens is 501 g/mol. The fraction of sp³-hybridized carbons (Fsp3) is 0.381. The molecule has 2 aromatic rings. The number of nitrogens with one attached hydrogen (secondary N) is 2. The van der Waals surface area contributed by atoms with E-state index in [2.05, 4.69) is 15.6 Å². The average molecular weight is 531 g/mol. The van der Waals surface area contributed by atoms with E-state index < -0.39 is 9.84 Å². The monoisotopic (exact) mass is 531 g/mol. The molecule has 0 spiro atoms. The number of hydrogen-bond acceptors (Lipinski definition) is 4. The molecule has 29 heavy (non-hydrogen) atoms. The molecule has 0 radical (unpaired) electrons. The van der Waals surface area contributed by atoms with Gasteiger partial charge in [0.05, 0.1) is 5.75 Å². The molecule has 0 saturated heterocycles. The van der Waals surface area contributed by atoms with Gasteiger partial charge in [-0.05, 0) is 38.0 Å². The lowest BCUT2D eigenvalue weighted by atomic mass is 10.2. The first-order valence-corrected chi connectivity index (χ1v) is 11.3. The van der Waals surface area contributed by atoms with Crippen LogP contribution < -0.4 is 15.4 Å². The van der Waals surface area contributed by atoms with Crippen LogP contribution in [0.1, 0.15) is 24.5 Å². The van der Waals surface area contributed by atoms with E-state index in [9.17, 15) is 8.42 Å². The van der Waals surface area contributed by atoms with E-state index in [4.69, 9.17) is 4.74 Å². The molecule has 160 valence electrons. The van der Waals surface area contributed by atoms with Crippen LogP contribution in [0.15, 0.2) is 53.5 Å². The second-order valence-corrected chi connectivity index (χ2v) is 9.12. The highest BCUT2D eigenvalue weighted by molar-refractivity contribution is 14.0. The molecule has 1 unspecified atom stereocenters. The summed E-state index contributed by atoms with van der Waals surface area (Å²) in [6, 6.07) is 15.7. The SMILES string of the molecule is CN=C(NCc1ccccc1Oc1ccccc1C)NC(C)CCS(C)(=O)=O.I. The molecule has 0 aliphatic heterocycles. The van der Waals surface area contributed by atoms with Crippen LogP contribution in [-0.4, -0.2) is 39.5 Å². The third kappa shape index (κ3) is 9.03. The Kier molecular flexibility index (Phi) is 10.5. The summed E-state index contributed by atoms with van der Waals surface area (Å²) in [7, 11) is -1.28. The number of hydrogen-bond donors (Lipinski definition) is 2. The maximum absolute atomic E-state index is 11.3. The fourth-order valence-electron chi connectivity index (χ4n) is 2.61. The van der Waals surface area contributed by atoms with Gasteiger partial charge in [-0.3, -0.25) is 4.99 Å². The third-order valence-corrected chi connectivity index (χ3v) is 5.24. The number of aryl methyl sites for hydroxylation is 1. The minimum atomic E-state index is -2.97. The van der Waals surface area contributed by atoms with Crippen molar-refractivity contribution in [3.63, 3.8) is 0 Å². The molecule has 6 nitrogen and oxygen atoms in total. The van der Waals surface area contributed by atoms with E-state index in [-0.39, 0.29) is 35.8 Å². The van der Waals surface area contributed by atoms with Gasteiger partial charge in [0, 0.05) is 31.5 Å². The van der Waals surface area contributed by atoms with Crippen LogP contribution in [0.5, 0.6) is 11.5 Å². The molecule has 1 atom stereocenters. The van der Waals surface area contributed by atoms with Gasteiger partial charge in [-0.25, -0.2) is 8.42 Å². The highest BCUT2D eigenvalue weighted by atomic mass is 127. The van der Waals surface area contributed by atoms with E-state index in [1.165, 1.54) is 6.26 Å². The molecule has 0 heterocycles. The van der Waals surface area contributed by atoms with Crippen molar-refractivity contribution in [3.8, 4) is 11.5 Å². The van der Waals surface area contributed by atoms with E-state index in [1.807, 2.05) is 62.4 Å². The zero-order valence-electron chi connectivity index (χ0n) is 17.3. The topological polar surface area (TPSA) is 79.8 Å². The molecule has 0 fully saturated rings. The van der Waals surface area contributed by atoms with E-state index >= 15 is 0 Å². The summed E-state index contributed by atoms with van der Waals surface area (Å²) in [5.41, 5.74) is 2.07. The van der Waals surface area contributed by atoms with Gasteiger partial charge in [-0.15, -0.1) is 24.0 Å². The zero-order valence-corrected chi connectivity index (χ0v) is 20.5. The van der Waals surface area contributed by atoms with Gasteiger partial charge < -0.3 is 15.4 Å². The maximum atomic E-state index is 11.3. The minimum absolute atomic E-state index is 0. The standard InChI is InChI=1S/C21H29N3O3S.HI/c1-16-9-5-7-11-19(16)27-20-12-8-6-10-18(20)15-23-21(22-3)24-17(2)13-14-28(4,25)26;/h5-12,17H,13-15H2,1-4H3,(H2,22,23,24);1H. The quantitative estimate of drug-likeness (QED) is 0.307. The second-order valence-electron chi connectivity index (χ2n) is 6.86. The van der Waals surface area contributed by atoms with E-state index in [0.717, 1.165) is 22.6 Å². The van der Waals surface area contributed by atoms with Crippen LogP contribution >= 0.6 is 24.0 Å². The molecule has 2 N–H and O–H groups in total. The fourth-order valence-corrected chi connectivity index (χ4v) is 3.39. The molecule has 0 amide bonds. The Morgan fingerprint density at radius 3 is 2.34 bits per heavy atom. The number of benzene rings is 2. The highest BCUT2D eigenvalue weighted by Crippen LogP contribution is 2.27. The smallest absolute Gasteiger partial charge is 0.191 e. The van der Waals surface area contributed by atoms with Crippen molar-refractivity contribution in [3.05, 3.63) is 59.7 Å². The number of halogens is 1. The van der Waals surface area contributed by atoms with Crippen LogP contribution in [0.2, 0.25) is 0 Å². The van der Waals surface area contributed by atoms with Crippen molar-refractivity contribution >= 4 is 39.8 Å². The first-order valence-electron chi connectivity index (χ1n) is 9.25. The largest absolute Gasteiger partial charge is 0.457 e. The third-order valence-electron chi connectivity index (χ3n) is 4.26. The van der Waals surface area contributed by atoms with Crippen molar-refractivity contribution in [2.24, 2.45) is 4.99 Å². The number of aliphatic imine (C=N–C) groups is 1. The maximum Gasteiger partial charge on any atom is 0.191 e. The predicted octanol–water partition coefficient (Wildman–Crippen LogP) is 3.89. The van der Waals surface area contributed by atoms with Crippen LogP contribution in [0, 0.1) is 6.92 Å². The van der Waals surface area contributed by atoms with E-state index in [1.54, 1.807) is 7.05 Å². The number of ether oxygens (including phenoxy) is 1. The summed E-state index contributed by atoms with van der Waals surface area (Å²) in [5, 5.41) is 6.49. The predicted molar refractivity (Wildman–Crippen MR) is 130 cm³/mol. The summed E-state index contributed by atoms with van der Waals surface area (Å²) < 4.78 is 28.7. The Morgan fingerprint density at radius 1 is 1.10 bits per heavy atom. The van der Waals surface area contributed by atoms with Crippen LogP contribution in [0.3, 0.4) is 0 Å². The van der Waals surface area contributed by atoms with Gasteiger partial charge in [0.25, 0.3) is 0 Å². The summed E-state index contributed by atoms with van der Waals surface area (Å²) in [6.07, 6.45) is 1.77. The summed E-state index contributed by atoms with van der Waals surface area (Å²) >= 11 is 0.